The maximum atomic E-state index is 14.1. The summed E-state index contributed by atoms with van der Waals surface area (Å²) in [7, 11) is -3.82. The van der Waals surface area contributed by atoms with E-state index in [2.05, 4.69) is 5.32 Å². The summed E-state index contributed by atoms with van der Waals surface area (Å²) in [6.45, 7) is 3.89. The quantitative estimate of drug-likeness (QED) is 0.257. The molecular weight excluding hydrogens is 569 g/mol. The number of hydrogen-bond donors (Lipinski definition) is 1. The summed E-state index contributed by atoms with van der Waals surface area (Å²) in [4.78, 5) is 29.1. The van der Waals surface area contributed by atoms with Gasteiger partial charge in [-0.15, -0.1) is 0 Å². The molecule has 10 heteroatoms. The summed E-state index contributed by atoms with van der Waals surface area (Å²) < 4.78 is 26.8. The molecule has 0 spiro atoms. The van der Waals surface area contributed by atoms with E-state index in [1.54, 1.807) is 36.4 Å². The molecule has 0 fully saturated rings. The molecule has 7 nitrogen and oxygen atoms in total. The average molecular weight is 605 g/mol. The molecule has 1 unspecified atom stereocenters. The molecule has 0 aromatic heterocycles. The Hall–Kier alpha value is -3.07. The zero-order valence-corrected chi connectivity index (χ0v) is 25.3. The number of hydrogen-bond acceptors (Lipinski definition) is 4. The molecule has 3 aromatic rings. The largest absolute Gasteiger partial charge is 0.354 e. The predicted molar refractivity (Wildman–Crippen MR) is 162 cm³/mol. The zero-order chi connectivity index (χ0) is 29.3. The van der Waals surface area contributed by atoms with Crippen molar-refractivity contribution in [1.29, 1.82) is 0 Å². The second-order valence-electron chi connectivity index (χ2n) is 9.73. The Morgan fingerprint density at radius 1 is 0.925 bits per heavy atom. The van der Waals surface area contributed by atoms with Gasteiger partial charge in [0.25, 0.3) is 0 Å². The zero-order valence-electron chi connectivity index (χ0n) is 22.9. The lowest BCUT2D eigenvalue weighted by molar-refractivity contribution is -0.140. The van der Waals surface area contributed by atoms with Crippen LogP contribution in [0.1, 0.15) is 36.5 Å². The Morgan fingerprint density at radius 2 is 1.65 bits per heavy atom. The monoisotopic (exact) mass is 603 g/mol. The van der Waals surface area contributed by atoms with Gasteiger partial charge >= 0.3 is 0 Å². The number of rotatable bonds is 13. The van der Waals surface area contributed by atoms with Crippen molar-refractivity contribution in [3.8, 4) is 0 Å². The molecule has 214 valence electrons. The number of nitrogens with one attached hydrogen (secondary N) is 1. The number of unbranched alkanes of at least 4 members (excludes halogenated alkanes) is 1. The maximum absolute atomic E-state index is 14.1. The molecule has 40 heavy (non-hydrogen) atoms. The molecule has 2 amide bonds. The summed E-state index contributed by atoms with van der Waals surface area (Å²) in [6, 6.07) is 20.4. The van der Waals surface area contributed by atoms with Crippen LogP contribution < -0.4 is 9.62 Å². The van der Waals surface area contributed by atoms with E-state index < -0.39 is 28.5 Å². The van der Waals surface area contributed by atoms with E-state index in [-0.39, 0.29) is 18.9 Å². The number of carbonyl (C=O) groups is 2. The molecule has 0 aliphatic heterocycles. The minimum atomic E-state index is -3.82. The van der Waals surface area contributed by atoms with Crippen molar-refractivity contribution in [2.45, 2.75) is 45.7 Å². The van der Waals surface area contributed by atoms with Gasteiger partial charge in [-0.1, -0.05) is 85.1 Å². The molecule has 0 heterocycles. The highest BCUT2D eigenvalue weighted by Crippen LogP contribution is 2.25. The second kappa shape index (κ2) is 14.5. The first-order chi connectivity index (χ1) is 19.0. The number of sulfonamides is 1. The third kappa shape index (κ3) is 8.98. The normalized spacial score (nSPS) is 12.0. The molecule has 0 aliphatic carbocycles. The smallest absolute Gasteiger partial charge is 0.244 e. The van der Waals surface area contributed by atoms with Gasteiger partial charge in [0.2, 0.25) is 21.8 Å². The van der Waals surface area contributed by atoms with Crippen LogP contribution in [0.15, 0.2) is 72.8 Å². The minimum Gasteiger partial charge on any atom is -0.354 e. The molecule has 1 atom stereocenters. The van der Waals surface area contributed by atoms with Crippen molar-refractivity contribution in [1.82, 2.24) is 10.2 Å². The number of anilines is 1. The van der Waals surface area contributed by atoms with E-state index in [1.807, 2.05) is 50.2 Å². The second-order valence-corrected chi connectivity index (χ2v) is 12.5. The van der Waals surface area contributed by atoms with Crippen molar-refractivity contribution >= 4 is 50.7 Å². The van der Waals surface area contributed by atoms with Gasteiger partial charge in [-0.05, 0) is 54.3 Å². The number of halogens is 2. The molecule has 3 aromatic carbocycles. The fourth-order valence-corrected chi connectivity index (χ4v) is 5.45. The van der Waals surface area contributed by atoms with Gasteiger partial charge in [0.15, 0.2) is 0 Å². The Bertz CT molecular complexity index is 1420. The first-order valence-electron chi connectivity index (χ1n) is 13.1. The van der Waals surface area contributed by atoms with Gasteiger partial charge in [0.1, 0.15) is 12.6 Å². The third-order valence-corrected chi connectivity index (χ3v) is 8.29. The Morgan fingerprint density at radius 3 is 2.27 bits per heavy atom. The lowest BCUT2D eigenvalue weighted by Gasteiger charge is -2.33. The molecule has 0 radical (unpaired) electrons. The van der Waals surface area contributed by atoms with Gasteiger partial charge in [-0.3, -0.25) is 13.9 Å². The minimum absolute atomic E-state index is 0.0276. The van der Waals surface area contributed by atoms with Gasteiger partial charge in [0, 0.05) is 19.5 Å². The van der Waals surface area contributed by atoms with Crippen molar-refractivity contribution in [3.63, 3.8) is 0 Å². The Balaban J connectivity index is 2.05. The summed E-state index contributed by atoms with van der Waals surface area (Å²) in [5.41, 5.74) is 2.74. The topological polar surface area (TPSA) is 86.8 Å². The number of nitrogens with zero attached hydrogens (tertiary/aromatic N) is 2. The van der Waals surface area contributed by atoms with Crippen LogP contribution in [0.4, 0.5) is 5.69 Å². The van der Waals surface area contributed by atoms with E-state index in [4.69, 9.17) is 23.2 Å². The van der Waals surface area contributed by atoms with E-state index in [0.717, 1.165) is 34.5 Å². The van der Waals surface area contributed by atoms with Crippen molar-refractivity contribution in [3.05, 3.63) is 99.5 Å². The standard InChI is InChI=1S/C30H35Cl2N3O4S/c1-4-5-16-33-30(37)28(19-23-11-7-6-8-12-23)34(20-24-14-15-26(31)27(32)18-24)29(36)21-35(40(3,38)39)25-13-9-10-22(2)17-25/h6-15,17-18,28H,4-5,16,19-21H2,1-3H3,(H,33,37). The van der Waals surface area contributed by atoms with Gasteiger partial charge < -0.3 is 10.2 Å². The predicted octanol–water partition coefficient (Wildman–Crippen LogP) is 5.62. The lowest BCUT2D eigenvalue weighted by atomic mass is 10.0. The molecule has 0 bridgehead atoms. The number of aryl methyl sites for hydroxylation is 1. The van der Waals surface area contributed by atoms with Crippen LogP contribution >= 0.6 is 23.2 Å². The van der Waals surface area contributed by atoms with Crippen LogP contribution in [0.5, 0.6) is 0 Å². The Kier molecular flexibility index (Phi) is 11.4. The summed E-state index contributed by atoms with van der Waals surface area (Å²) in [6.07, 6.45) is 3.00. The number of benzene rings is 3. The Labute approximate surface area is 247 Å². The van der Waals surface area contributed by atoms with Crippen molar-refractivity contribution in [2.24, 2.45) is 0 Å². The summed E-state index contributed by atoms with van der Waals surface area (Å²) >= 11 is 12.4. The van der Waals surface area contributed by atoms with Gasteiger partial charge in [-0.25, -0.2) is 8.42 Å². The van der Waals surface area contributed by atoms with E-state index in [9.17, 15) is 18.0 Å². The van der Waals surface area contributed by atoms with E-state index >= 15 is 0 Å². The highest BCUT2D eigenvalue weighted by molar-refractivity contribution is 7.92. The highest BCUT2D eigenvalue weighted by atomic mass is 35.5. The molecule has 0 saturated heterocycles. The van der Waals surface area contributed by atoms with Crippen LogP contribution in [0, 0.1) is 6.92 Å². The van der Waals surface area contributed by atoms with Gasteiger partial charge in [0.05, 0.1) is 22.0 Å². The average Bonchev–Trinajstić information content (AvgIpc) is 2.91. The van der Waals surface area contributed by atoms with Crippen molar-refractivity contribution < 1.29 is 18.0 Å². The van der Waals surface area contributed by atoms with Crippen LogP contribution in [-0.4, -0.2) is 50.5 Å². The number of carbonyl (C=O) groups excluding carboxylic acids is 2. The summed E-state index contributed by atoms with van der Waals surface area (Å²) in [5.74, 6) is -0.836. The molecule has 0 aliphatic rings. The molecule has 1 N–H and O–H groups in total. The molecule has 3 rings (SSSR count). The first kappa shape index (κ1) is 31.5. The van der Waals surface area contributed by atoms with Crippen LogP contribution in [0.2, 0.25) is 10.0 Å². The van der Waals surface area contributed by atoms with E-state index in [1.165, 1.54) is 4.90 Å². The SMILES string of the molecule is CCCCNC(=O)C(Cc1ccccc1)N(Cc1ccc(Cl)c(Cl)c1)C(=O)CN(c1cccc(C)c1)S(C)(=O)=O. The fraction of sp³-hybridized carbons (Fsp3) is 0.333. The van der Waals surface area contributed by atoms with Gasteiger partial charge in [-0.2, -0.15) is 0 Å². The third-order valence-electron chi connectivity index (χ3n) is 6.41. The lowest BCUT2D eigenvalue weighted by Crippen LogP contribution is -2.53. The highest BCUT2D eigenvalue weighted by Gasteiger charge is 2.33. The summed E-state index contributed by atoms with van der Waals surface area (Å²) in [5, 5.41) is 3.64. The number of amides is 2. The van der Waals surface area contributed by atoms with E-state index in [0.29, 0.717) is 27.8 Å². The van der Waals surface area contributed by atoms with Crippen LogP contribution in [0.25, 0.3) is 0 Å². The van der Waals surface area contributed by atoms with Crippen LogP contribution in [-0.2, 0) is 32.6 Å². The fourth-order valence-electron chi connectivity index (χ4n) is 4.29. The van der Waals surface area contributed by atoms with Crippen LogP contribution in [0.3, 0.4) is 0 Å². The first-order valence-corrected chi connectivity index (χ1v) is 15.7. The van der Waals surface area contributed by atoms with Crippen molar-refractivity contribution in [2.75, 3.05) is 23.7 Å². The maximum Gasteiger partial charge on any atom is 0.244 e. The molecular formula is C30H35Cl2N3O4S. The molecule has 0 saturated carbocycles.